The molecule has 0 amide bonds. The van der Waals surface area contributed by atoms with Crippen LogP contribution < -0.4 is 0 Å². The zero-order chi connectivity index (χ0) is 31.0. The van der Waals surface area contributed by atoms with E-state index in [0.717, 1.165) is 0 Å². The van der Waals surface area contributed by atoms with Gasteiger partial charge in [0.05, 0.1) is 24.2 Å². The number of rotatable bonds is 4. The van der Waals surface area contributed by atoms with Gasteiger partial charge in [0.2, 0.25) is 5.78 Å². The van der Waals surface area contributed by atoms with E-state index < -0.39 is 76.1 Å². The van der Waals surface area contributed by atoms with Gasteiger partial charge in [-0.3, -0.25) is 14.4 Å². The minimum absolute atomic E-state index is 0.0780. The van der Waals surface area contributed by atoms with Crippen molar-refractivity contribution in [1.82, 2.24) is 0 Å². The maximum absolute atomic E-state index is 14.6. The number of aliphatic hydroxyl groups excluding tert-OH is 1. The van der Waals surface area contributed by atoms with Crippen LogP contribution in [0.1, 0.15) is 71.7 Å². The van der Waals surface area contributed by atoms with Crippen molar-refractivity contribution in [3.63, 3.8) is 0 Å². The number of aliphatic hydroxyl groups is 2. The lowest BCUT2D eigenvalue weighted by molar-refractivity contribution is -0.351. The van der Waals surface area contributed by atoms with Crippen LogP contribution in [0.2, 0.25) is 0 Å². The van der Waals surface area contributed by atoms with Gasteiger partial charge in [-0.25, -0.2) is 4.79 Å². The number of carbonyl (C=O) groups is 4. The van der Waals surface area contributed by atoms with E-state index in [0.29, 0.717) is 12.0 Å². The molecule has 10 nitrogen and oxygen atoms in total. The molecule has 1 aliphatic heterocycles. The fourth-order valence-corrected chi connectivity index (χ4v) is 8.27. The van der Waals surface area contributed by atoms with Gasteiger partial charge in [0.1, 0.15) is 17.8 Å². The highest BCUT2D eigenvalue weighted by atomic mass is 16.6. The normalized spacial score (nSPS) is 40.4. The van der Waals surface area contributed by atoms with Gasteiger partial charge in [-0.2, -0.15) is 0 Å². The first-order valence-corrected chi connectivity index (χ1v) is 14.4. The molecule has 1 aromatic rings. The number of fused-ring (bicyclic) bond motifs is 5. The fourth-order valence-electron chi connectivity index (χ4n) is 8.27. The summed E-state index contributed by atoms with van der Waals surface area (Å²) in [7, 11) is 0. The molecule has 42 heavy (non-hydrogen) atoms. The highest BCUT2D eigenvalue weighted by Gasteiger charge is 2.77. The Bertz CT molecular complexity index is 1350. The highest BCUT2D eigenvalue weighted by molar-refractivity contribution is 6.03. The number of esters is 3. The molecule has 0 radical (unpaired) electrons. The molecule has 0 spiro atoms. The minimum atomic E-state index is -2.02. The van der Waals surface area contributed by atoms with Crippen molar-refractivity contribution in [3.8, 4) is 0 Å². The smallest absolute Gasteiger partial charge is 0.338 e. The van der Waals surface area contributed by atoms with Gasteiger partial charge in [0.25, 0.3) is 0 Å². The molecule has 1 heterocycles. The molecule has 2 saturated carbocycles. The molecule has 1 saturated heterocycles. The summed E-state index contributed by atoms with van der Waals surface area (Å²) in [6, 6.07) is 8.27. The summed E-state index contributed by atoms with van der Waals surface area (Å²) >= 11 is 0. The zero-order valence-electron chi connectivity index (χ0n) is 25.1. The number of benzene rings is 1. The highest BCUT2D eigenvalue weighted by Crippen LogP contribution is 2.66. The Morgan fingerprint density at radius 1 is 1.02 bits per heavy atom. The maximum Gasteiger partial charge on any atom is 0.338 e. The summed E-state index contributed by atoms with van der Waals surface area (Å²) < 4.78 is 24.2. The Kier molecular flexibility index (Phi) is 7.23. The minimum Gasteiger partial charge on any atom is -0.455 e. The lowest BCUT2D eigenvalue weighted by Gasteiger charge is -2.68. The van der Waals surface area contributed by atoms with Gasteiger partial charge in [0, 0.05) is 36.7 Å². The Hall–Kier alpha value is -3.08. The lowest BCUT2D eigenvalue weighted by atomic mass is 9.43. The Morgan fingerprint density at radius 3 is 2.21 bits per heavy atom. The average Bonchev–Trinajstić information content (AvgIpc) is 2.90. The molecule has 228 valence electrons. The third kappa shape index (κ3) is 4.09. The number of hydrogen-bond acceptors (Lipinski definition) is 10. The van der Waals surface area contributed by atoms with E-state index >= 15 is 0 Å². The van der Waals surface area contributed by atoms with Crippen molar-refractivity contribution < 1.29 is 48.3 Å². The van der Waals surface area contributed by atoms with E-state index in [1.165, 1.54) is 13.8 Å². The van der Waals surface area contributed by atoms with Crippen LogP contribution in [0.15, 0.2) is 41.5 Å². The predicted molar refractivity (Wildman–Crippen MR) is 148 cm³/mol. The van der Waals surface area contributed by atoms with Crippen LogP contribution in [0.5, 0.6) is 0 Å². The molecule has 4 aliphatic rings. The molecule has 5 rings (SSSR count). The Balaban J connectivity index is 1.85. The first-order chi connectivity index (χ1) is 19.5. The van der Waals surface area contributed by atoms with Crippen LogP contribution in [-0.4, -0.2) is 76.1 Å². The second-order valence-electron chi connectivity index (χ2n) is 13.2. The molecule has 3 aliphatic carbocycles. The van der Waals surface area contributed by atoms with Crippen LogP contribution in [0, 0.1) is 22.7 Å². The standard InChI is InChI=1S/C32H40O10/c1-16-13-22-31(15-39-22,42-19(4)34)25-27(41-28(37)20-11-9-8-10-12-20)32(38)14-21(35)17(2)23(29(32,5)6)24(36)26(30(16,25)7)40-18(3)33/h8-12,16,21-22,25-27,35,38H,13-15H2,1-7H3/t16-,21-,22+,25?,26+,27-,30+,31-,32+/m0/s1. The molecule has 9 atom stereocenters. The largest absolute Gasteiger partial charge is 0.455 e. The first kappa shape index (κ1) is 30.4. The summed E-state index contributed by atoms with van der Waals surface area (Å²) in [5.41, 5.74) is -5.44. The van der Waals surface area contributed by atoms with E-state index in [9.17, 15) is 29.4 Å². The van der Waals surface area contributed by atoms with Gasteiger partial charge in [0.15, 0.2) is 11.7 Å². The van der Waals surface area contributed by atoms with Gasteiger partial charge in [-0.1, -0.05) is 45.9 Å². The fraction of sp³-hybridized carbons (Fsp3) is 0.625. The number of Topliss-reactive ketones (excluding diaryl/α,β-unsaturated/α-hetero) is 1. The van der Waals surface area contributed by atoms with E-state index in [-0.39, 0.29) is 30.1 Å². The van der Waals surface area contributed by atoms with Crippen LogP contribution >= 0.6 is 0 Å². The topological polar surface area (TPSA) is 146 Å². The monoisotopic (exact) mass is 584 g/mol. The summed E-state index contributed by atoms with van der Waals surface area (Å²) in [6.07, 6.45) is -4.62. The second-order valence-corrected chi connectivity index (χ2v) is 13.2. The molecule has 1 unspecified atom stereocenters. The number of ether oxygens (including phenoxy) is 4. The number of ketones is 1. The Morgan fingerprint density at radius 2 is 1.67 bits per heavy atom. The second kappa shape index (κ2) is 9.99. The molecule has 2 N–H and O–H groups in total. The van der Waals surface area contributed by atoms with Crippen molar-refractivity contribution in [2.45, 2.75) is 96.9 Å². The van der Waals surface area contributed by atoms with E-state index in [1.54, 1.807) is 58.0 Å². The molecule has 2 bridgehead atoms. The molecule has 1 aromatic carbocycles. The zero-order valence-corrected chi connectivity index (χ0v) is 25.1. The van der Waals surface area contributed by atoms with Crippen molar-refractivity contribution in [1.29, 1.82) is 0 Å². The number of carbonyl (C=O) groups excluding carboxylic acids is 4. The van der Waals surface area contributed by atoms with E-state index in [4.69, 9.17) is 18.9 Å². The molecular weight excluding hydrogens is 544 g/mol. The molecular formula is C32H40O10. The Labute approximate surface area is 245 Å². The van der Waals surface area contributed by atoms with Gasteiger partial charge < -0.3 is 29.2 Å². The summed E-state index contributed by atoms with van der Waals surface area (Å²) in [4.78, 5) is 53.7. The maximum atomic E-state index is 14.6. The molecule has 0 aromatic heterocycles. The van der Waals surface area contributed by atoms with Crippen molar-refractivity contribution in [3.05, 3.63) is 47.0 Å². The first-order valence-electron chi connectivity index (χ1n) is 14.4. The van der Waals surface area contributed by atoms with Crippen molar-refractivity contribution >= 4 is 23.7 Å². The van der Waals surface area contributed by atoms with Crippen LogP contribution in [0.4, 0.5) is 0 Å². The third-order valence-corrected chi connectivity index (χ3v) is 10.7. The van der Waals surface area contributed by atoms with Crippen LogP contribution in [-0.2, 0) is 33.3 Å². The van der Waals surface area contributed by atoms with E-state index in [2.05, 4.69) is 0 Å². The molecule has 3 fully saturated rings. The third-order valence-electron chi connectivity index (χ3n) is 10.7. The summed E-state index contributed by atoms with van der Waals surface area (Å²) in [5.74, 6) is -4.06. The van der Waals surface area contributed by atoms with Crippen molar-refractivity contribution in [2.24, 2.45) is 22.7 Å². The SMILES string of the molecule is CC(=O)O[C@@H]1C(=O)C2=C(C)[C@@H](O)C[C@@](O)([C@@H](OC(=O)c3ccccc3)C3[C@@]1(C)[C@@H](C)C[C@H]1OC[C@@]31OC(C)=O)C2(C)C. The number of hydrogen-bond donors (Lipinski definition) is 2. The summed E-state index contributed by atoms with van der Waals surface area (Å²) in [5, 5.41) is 24.1. The van der Waals surface area contributed by atoms with Gasteiger partial charge in [-0.15, -0.1) is 0 Å². The van der Waals surface area contributed by atoms with Crippen molar-refractivity contribution in [2.75, 3.05) is 6.61 Å². The quantitative estimate of drug-likeness (QED) is 0.400. The van der Waals surface area contributed by atoms with Gasteiger partial charge in [-0.05, 0) is 37.0 Å². The summed E-state index contributed by atoms with van der Waals surface area (Å²) in [6.45, 7) is 11.0. The van der Waals surface area contributed by atoms with Gasteiger partial charge >= 0.3 is 17.9 Å². The average molecular weight is 585 g/mol. The van der Waals surface area contributed by atoms with E-state index in [1.807, 2.05) is 6.92 Å². The lowest BCUT2D eigenvalue weighted by Crippen LogP contribution is -2.81. The molecule has 10 heteroatoms. The van der Waals surface area contributed by atoms with Crippen LogP contribution in [0.3, 0.4) is 0 Å². The predicted octanol–water partition coefficient (Wildman–Crippen LogP) is 2.93. The van der Waals surface area contributed by atoms with Crippen LogP contribution in [0.25, 0.3) is 0 Å².